The van der Waals surface area contributed by atoms with Gasteiger partial charge in [0, 0.05) is 21.6 Å². The average molecular weight is 351 g/mol. The van der Waals surface area contributed by atoms with Crippen molar-refractivity contribution in [1.29, 1.82) is 0 Å². The fraction of sp³-hybridized carbons (Fsp3) is 0.143. The number of carbonyl (C=O) groups excluding carboxylic acids is 1. The van der Waals surface area contributed by atoms with Crippen molar-refractivity contribution in [2.45, 2.75) is 6.92 Å². The van der Waals surface area contributed by atoms with E-state index >= 15 is 0 Å². The van der Waals surface area contributed by atoms with E-state index in [2.05, 4.69) is 20.9 Å². The smallest absolute Gasteiger partial charge is 0.356 e. The number of ether oxygens (including phenoxy) is 1. The third-order valence-corrected chi connectivity index (χ3v) is 4.20. The summed E-state index contributed by atoms with van der Waals surface area (Å²) in [5, 5.41) is 1.77. The molecular weight excluding hydrogens is 340 g/mol. The van der Waals surface area contributed by atoms with Gasteiger partial charge in [-0.3, -0.25) is 4.40 Å². The highest BCUT2D eigenvalue weighted by Gasteiger charge is 2.15. The van der Waals surface area contributed by atoms with Crippen LogP contribution >= 0.6 is 27.3 Å². The first-order valence-corrected chi connectivity index (χ1v) is 7.76. The number of aromatic nitrogens is 2. The molecule has 102 valence electrons. The minimum absolute atomic E-state index is 0.321. The lowest BCUT2D eigenvalue weighted by Gasteiger charge is -1.99. The molecule has 0 spiro atoms. The molecule has 2 aromatic heterocycles. The zero-order valence-electron chi connectivity index (χ0n) is 10.7. The Hall–Kier alpha value is -1.66. The van der Waals surface area contributed by atoms with Crippen LogP contribution in [0.3, 0.4) is 0 Å². The van der Waals surface area contributed by atoms with Gasteiger partial charge in [0.15, 0.2) is 4.96 Å². The van der Waals surface area contributed by atoms with Gasteiger partial charge in [-0.25, -0.2) is 9.78 Å². The highest BCUT2D eigenvalue weighted by atomic mass is 79.9. The molecule has 0 atom stereocenters. The van der Waals surface area contributed by atoms with Crippen LogP contribution in [0.1, 0.15) is 17.4 Å². The zero-order valence-corrected chi connectivity index (χ0v) is 13.1. The highest BCUT2D eigenvalue weighted by Crippen LogP contribution is 2.25. The molecule has 3 aromatic rings. The monoisotopic (exact) mass is 350 g/mol. The van der Waals surface area contributed by atoms with Gasteiger partial charge in [-0.05, 0) is 19.1 Å². The van der Waals surface area contributed by atoms with Gasteiger partial charge in [0.1, 0.15) is 5.69 Å². The van der Waals surface area contributed by atoms with E-state index in [4.69, 9.17) is 4.74 Å². The predicted octanol–water partition coefficient (Wildman–Crippen LogP) is 4.00. The van der Waals surface area contributed by atoms with Crippen LogP contribution in [0, 0.1) is 0 Å². The lowest BCUT2D eigenvalue weighted by atomic mass is 10.2. The van der Waals surface area contributed by atoms with E-state index < -0.39 is 0 Å². The van der Waals surface area contributed by atoms with Crippen molar-refractivity contribution in [3.05, 3.63) is 46.0 Å². The molecule has 4 nitrogen and oxygen atoms in total. The Morgan fingerprint density at radius 2 is 2.15 bits per heavy atom. The Morgan fingerprint density at radius 3 is 2.85 bits per heavy atom. The lowest BCUT2D eigenvalue weighted by Crippen LogP contribution is -2.06. The molecule has 0 radical (unpaired) electrons. The number of rotatable bonds is 3. The number of imidazole rings is 1. The molecule has 0 bridgehead atoms. The summed E-state index contributed by atoms with van der Waals surface area (Å²) in [6.45, 7) is 2.16. The second-order valence-electron chi connectivity index (χ2n) is 4.13. The molecule has 3 rings (SSSR count). The van der Waals surface area contributed by atoms with E-state index in [0.29, 0.717) is 12.3 Å². The van der Waals surface area contributed by atoms with Crippen molar-refractivity contribution in [1.82, 2.24) is 9.38 Å². The summed E-state index contributed by atoms with van der Waals surface area (Å²) in [5.41, 5.74) is 2.37. The number of esters is 1. The largest absolute Gasteiger partial charge is 0.461 e. The summed E-state index contributed by atoms with van der Waals surface area (Å²) in [5.74, 6) is -0.321. The number of nitrogens with zero attached hydrogens (tertiary/aromatic N) is 2. The normalized spacial score (nSPS) is 10.9. The maximum Gasteiger partial charge on any atom is 0.356 e. The fourth-order valence-corrected chi connectivity index (χ4v) is 3.00. The second kappa shape index (κ2) is 5.38. The van der Waals surface area contributed by atoms with E-state index in [-0.39, 0.29) is 5.97 Å². The number of carbonyl (C=O) groups is 1. The quantitative estimate of drug-likeness (QED) is 0.670. The van der Waals surface area contributed by atoms with Gasteiger partial charge in [0.25, 0.3) is 0 Å². The van der Waals surface area contributed by atoms with E-state index in [1.165, 1.54) is 11.3 Å². The molecule has 0 saturated carbocycles. The van der Waals surface area contributed by atoms with Crippen LogP contribution in [0.15, 0.2) is 40.3 Å². The van der Waals surface area contributed by atoms with Crippen molar-refractivity contribution in [2.24, 2.45) is 0 Å². The van der Waals surface area contributed by atoms with Gasteiger partial charge < -0.3 is 4.74 Å². The minimum Gasteiger partial charge on any atom is -0.461 e. The van der Waals surface area contributed by atoms with Gasteiger partial charge in [0.05, 0.1) is 12.3 Å². The molecule has 0 fully saturated rings. The molecule has 0 saturated heterocycles. The van der Waals surface area contributed by atoms with Gasteiger partial charge in [-0.2, -0.15) is 0 Å². The molecule has 0 amide bonds. The van der Waals surface area contributed by atoms with Gasteiger partial charge >= 0.3 is 5.97 Å². The minimum atomic E-state index is -0.321. The molecule has 1 aromatic carbocycles. The number of benzene rings is 1. The van der Waals surface area contributed by atoms with E-state index in [0.717, 1.165) is 20.7 Å². The third-order valence-electron chi connectivity index (χ3n) is 2.83. The first-order chi connectivity index (χ1) is 9.69. The van der Waals surface area contributed by atoms with Crippen LogP contribution in [0.25, 0.3) is 16.2 Å². The number of hydrogen-bond donors (Lipinski definition) is 0. The van der Waals surface area contributed by atoms with Crippen molar-refractivity contribution in [2.75, 3.05) is 6.61 Å². The first kappa shape index (κ1) is 13.3. The zero-order chi connectivity index (χ0) is 14.1. The lowest BCUT2D eigenvalue weighted by molar-refractivity contribution is 0.0518. The maximum atomic E-state index is 11.8. The number of fused-ring (bicyclic) bond motifs is 1. The number of halogens is 1. The SMILES string of the molecule is CCOC(=O)c1csc2nc(-c3ccc(Br)cc3)cn12. The van der Waals surface area contributed by atoms with Crippen LogP contribution in [0.4, 0.5) is 0 Å². The van der Waals surface area contributed by atoms with Crippen molar-refractivity contribution in [3.8, 4) is 11.3 Å². The Balaban J connectivity index is 2.03. The molecule has 2 heterocycles. The third kappa shape index (κ3) is 2.36. The molecule has 0 unspecified atom stereocenters. The van der Waals surface area contributed by atoms with Crippen LogP contribution in [0.5, 0.6) is 0 Å². The van der Waals surface area contributed by atoms with Crippen LogP contribution in [0.2, 0.25) is 0 Å². The van der Waals surface area contributed by atoms with Gasteiger partial charge in [-0.15, -0.1) is 11.3 Å². The molecule has 0 aliphatic rings. The van der Waals surface area contributed by atoms with Crippen molar-refractivity contribution in [3.63, 3.8) is 0 Å². The van der Waals surface area contributed by atoms with Crippen LogP contribution < -0.4 is 0 Å². The van der Waals surface area contributed by atoms with Crippen LogP contribution in [-0.2, 0) is 4.74 Å². The Bertz CT molecular complexity index is 761. The summed E-state index contributed by atoms with van der Waals surface area (Å²) >= 11 is 4.84. The first-order valence-electron chi connectivity index (χ1n) is 6.08. The molecule has 0 N–H and O–H groups in total. The molecule has 6 heteroatoms. The van der Waals surface area contributed by atoms with Crippen molar-refractivity contribution >= 4 is 38.2 Å². The van der Waals surface area contributed by atoms with E-state index in [9.17, 15) is 4.79 Å². The highest BCUT2D eigenvalue weighted by molar-refractivity contribution is 9.10. The summed E-state index contributed by atoms with van der Waals surface area (Å²) < 4.78 is 7.84. The van der Waals surface area contributed by atoms with Gasteiger partial charge in [-0.1, -0.05) is 28.1 Å². The summed E-state index contributed by atoms with van der Waals surface area (Å²) in [7, 11) is 0. The molecule has 0 aliphatic heterocycles. The molecule has 0 aliphatic carbocycles. The molecular formula is C14H11BrN2O2S. The van der Waals surface area contributed by atoms with E-state index in [1.807, 2.05) is 30.5 Å². The maximum absolute atomic E-state index is 11.8. The van der Waals surface area contributed by atoms with Crippen molar-refractivity contribution < 1.29 is 9.53 Å². The standard InChI is InChI=1S/C14H11BrN2O2S/c1-2-19-13(18)12-8-20-14-16-11(7-17(12)14)9-3-5-10(15)6-4-9/h3-8H,2H2,1H3. The topological polar surface area (TPSA) is 43.6 Å². The van der Waals surface area contributed by atoms with Crippen LogP contribution in [-0.4, -0.2) is 22.0 Å². The summed E-state index contributed by atoms with van der Waals surface area (Å²) in [6.07, 6.45) is 1.86. The predicted molar refractivity (Wildman–Crippen MR) is 82.2 cm³/mol. The Morgan fingerprint density at radius 1 is 1.40 bits per heavy atom. The second-order valence-corrected chi connectivity index (χ2v) is 5.88. The number of hydrogen-bond acceptors (Lipinski definition) is 4. The van der Waals surface area contributed by atoms with E-state index in [1.54, 1.807) is 16.7 Å². The summed E-state index contributed by atoms with van der Waals surface area (Å²) in [6, 6.07) is 7.91. The van der Waals surface area contributed by atoms with Gasteiger partial charge in [0.2, 0.25) is 0 Å². The molecule has 20 heavy (non-hydrogen) atoms. The fourth-order valence-electron chi connectivity index (χ4n) is 1.90. The Kier molecular flexibility index (Phi) is 3.58. The Labute approximate surface area is 128 Å². The number of thiazole rings is 1. The summed E-state index contributed by atoms with van der Waals surface area (Å²) in [4.78, 5) is 17.2. The average Bonchev–Trinajstić information content (AvgIpc) is 2.99.